The summed E-state index contributed by atoms with van der Waals surface area (Å²) in [5, 5.41) is 0.939. The minimum absolute atomic E-state index is 0.855. The van der Waals surface area contributed by atoms with Crippen molar-refractivity contribution in [2.24, 2.45) is 0 Å². The maximum atomic E-state index is 5.20. The van der Waals surface area contributed by atoms with Crippen LogP contribution in [-0.4, -0.2) is 17.1 Å². The van der Waals surface area contributed by atoms with E-state index in [-0.39, 0.29) is 0 Å². The first-order valence-electron chi connectivity index (χ1n) is 5.23. The van der Waals surface area contributed by atoms with E-state index in [0.29, 0.717) is 0 Å². The molecule has 0 amide bonds. The Labute approximate surface area is 103 Å². The number of methoxy groups -OCH3 is 1. The summed E-state index contributed by atoms with van der Waals surface area (Å²) in [4.78, 5) is 8.86. The first-order chi connectivity index (χ1) is 8.36. The number of fused-ring (bicyclic) bond motifs is 1. The molecule has 0 atom stereocenters. The Hall–Kier alpha value is -1.94. The molecule has 0 spiro atoms. The third-order valence-corrected chi connectivity index (χ3v) is 3.52. The van der Waals surface area contributed by atoms with Gasteiger partial charge in [-0.25, -0.2) is 4.98 Å². The van der Waals surface area contributed by atoms with E-state index in [2.05, 4.69) is 9.97 Å². The number of hydrogen-bond donors (Lipinski definition) is 0. The quantitative estimate of drug-likeness (QED) is 0.691. The van der Waals surface area contributed by atoms with Crippen LogP contribution in [0.15, 0.2) is 42.6 Å². The lowest BCUT2D eigenvalue weighted by Gasteiger charge is -1.96. The number of aromatic nitrogens is 2. The van der Waals surface area contributed by atoms with Gasteiger partial charge in [-0.15, -0.1) is 11.3 Å². The van der Waals surface area contributed by atoms with E-state index >= 15 is 0 Å². The van der Waals surface area contributed by atoms with Crippen molar-refractivity contribution in [3.05, 3.63) is 42.6 Å². The average molecular weight is 242 g/mol. The van der Waals surface area contributed by atoms with Crippen LogP contribution in [0.25, 0.3) is 20.9 Å². The van der Waals surface area contributed by atoms with Crippen LogP contribution < -0.4 is 4.74 Å². The summed E-state index contributed by atoms with van der Waals surface area (Å²) in [5.74, 6) is 0.855. The third kappa shape index (κ3) is 1.87. The summed E-state index contributed by atoms with van der Waals surface area (Å²) >= 11 is 1.63. The molecule has 2 aromatic heterocycles. The van der Waals surface area contributed by atoms with Crippen molar-refractivity contribution in [2.75, 3.05) is 7.11 Å². The molecule has 2 heterocycles. The van der Waals surface area contributed by atoms with E-state index < -0.39 is 0 Å². The van der Waals surface area contributed by atoms with Crippen LogP contribution in [0, 0.1) is 0 Å². The standard InChI is InChI=1S/C13H10N2OS/c1-16-9-5-6-10-12(8-9)17-13(15-10)11-4-2-3-7-14-11/h2-8H,1H3. The largest absolute Gasteiger partial charge is 0.497 e. The van der Waals surface area contributed by atoms with E-state index in [0.717, 1.165) is 26.7 Å². The number of thiazole rings is 1. The highest BCUT2D eigenvalue weighted by Gasteiger charge is 2.07. The molecular formula is C13H10N2OS. The van der Waals surface area contributed by atoms with Crippen molar-refractivity contribution in [2.45, 2.75) is 0 Å². The Bertz CT molecular complexity index is 649. The van der Waals surface area contributed by atoms with Crippen LogP contribution in [-0.2, 0) is 0 Å². The van der Waals surface area contributed by atoms with Gasteiger partial charge in [0.25, 0.3) is 0 Å². The fourth-order valence-corrected chi connectivity index (χ4v) is 2.60. The van der Waals surface area contributed by atoms with Gasteiger partial charge in [-0.1, -0.05) is 6.07 Å². The monoisotopic (exact) mass is 242 g/mol. The van der Waals surface area contributed by atoms with Crippen molar-refractivity contribution in [3.63, 3.8) is 0 Å². The van der Waals surface area contributed by atoms with Gasteiger partial charge in [0.05, 0.1) is 23.0 Å². The second-order valence-corrected chi connectivity index (χ2v) is 4.60. The summed E-state index contributed by atoms with van der Waals surface area (Å²) in [6.45, 7) is 0. The summed E-state index contributed by atoms with van der Waals surface area (Å²) in [6, 6.07) is 11.7. The molecular weight excluding hydrogens is 232 g/mol. The molecule has 3 aromatic rings. The summed E-state index contributed by atoms with van der Waals surface area (Å²) in [5.41, 5.74) is 1.89. The van der Waals surface area contributed by atoms with Gasteiger partial charge in [-0.05, 0) is 30.3 Å². The fourth-order valence-electron chi connectivity index (χ4n) is 1.63. The van der Waals surface area contributed by atoms with E-state index in [1.807, 2.05) is 36.4 Å². The molecule has 0 bridgehead atoms. The van der Waals surface area contributed by atoms with Crippen molar-refractivity contribution in [3.8, 4) is 16.5 Å². The van der Waals surface area contributed by atoms with Crippen molar-refractivity contribution >= 4 is 21.6 Å². The maximum Gasteiger partial charge on any atom is 0.143 e. The van der Waals surface area contributed by atoms with Crippen molar-refractivity contribution in [1.29, 1.82) is 0 Å². The number of rotatable bonds is 2. The zero-order chi connectivity index (χ0) is 11.7. The second-order valence-electron chi connectivity index (χ2n) is 3.57. The molecule has 0 radical (unpaired) electrons. The van der Waals surface area contributed by atoms with E-state index in [4.69, 9.17) is 4.74 Å². The van der Waals surface area contributed by atoms with Gasteiger partial charge in [-0.2, -0.15) is 0 Å². The SMILES string of the molecule is COc1ccc2nc(-c3ccccn3)sc2c1. The molecule has 0 aliphatic rings. The predicted octanol–water partition coefficient (Wildman–Crippen LogP) is 3.37. The van der Waals surface area contributed by atoms with Crippen molar-refractivity contribution < 1.29 is 4.74 Å². The predicted molar refractivity (Wildman–Crippen MR) is 69.4 cm³/mol. The van der Waals surface area contributed by atoms with Gasteiger partial charge in [-0.3, -0.25) is 4.98 Å². The molecule has 84 valence electrons. The Kier molecular flexibility index (Phi) is 2.49. The normalized spacial score (nSPS) is 10.6. The van der Waals surface area contributed by atoms with E-state index in [1.165, 1.54) is 0 Å². The van der Waals surface area contributed by atoms with Gasteiger partial charge in [0.1, 0.15) is 10.8 Å². The van der Waals surface area contributed by atoms with Crippen LogP contribution >= 0.6 is 11.3 Å². The molecule has 1 aromatic carbocycles. The minimum atomic E-state index is 0.855. The Morgan fingerprint density at radius 2 is 2.12 bits per heavy atom. The molecule has 0 N–H and O–H groups in total. The van der Waals surface area contributed by atoms with Gasteiger partial charge in [0.2, 0.25) is 0 Å². The maximum absolute atomic E-state index is 5.20. The molecule has 0 fully saturated rings. The lowest BCUT2D eigenvalue weighted by molar-refractivity contribution is 0.415. The molecule has 0 saturated heterocycles. The topological polar surface area (TPSA) is 35.0 Å². The molecule has 3 nitrogen and oxygen atoms in total. The number of nitrogens with zero attached hydrogens (tertiary/aromatic N) is 2. The van der Waals surface area contributed by atoms with E-state index in [1.54, 1.807) is 24.6 Å². The number of ether oxygens (including phenoxy) is 1. The van der Waals surface area contributed by atoms with Crippen LogP contribution in [0.5, 0.6) is 5.75 Å². The summed E-state index contributed by atoms with van der Waals surface area (Å²) in [6.07, 6.45) is 1.78. The molecule has 0 unspecified atom stereocenters. The zero-order valence-corrected chi connectivity index (χ0v) is 10.1. The number of benzene rings is 1. The molecule has 0 saturated carbocycles. The Balaban J connectivity index is 2.14. The first kappa shape index (κ1) is 10.2. The smallest absolute Gasteiger partial charge is 0.143 e. The zero-order valence-electron chi connectivity index (χ0n) is 9.25. The molecule has 3 rings (SSSR count). The Morgan fingerprint density at radius 3 is 2.88 bits per heavy atom. The van der Waals surface area contributed by atoms with E-state index in [9.17, 15) is 0 Å². The molecule has 0 aliphatic heterocycles. The number of hydrogen-bond acceptors (Lipinski definition) is 4. The lowest BCUT2D eigenvalue weighted by atomic mass is 10.3. The van der Waals surface area contributed by atoms with Crippen molar-refractivity contribution in [1.82, 2.24) is 9.97 Å². The number of pyridine rings is 1. The highest BCUT2D eigenvalue weighted by Crippen LogP contribution is 2.31. The van der Waals surface area contributed by atoms with Gasteiger partial charge in [0.15, 0.2) is 0 Å². The minimum Gasteiger partial charge on any atom is -0.497 e. The fraction of sp³-hybridized carbons (Fsp3) is 0.0769. The van der Waals surface area contributed by atoms with Gasteiger partial charge >= 0.3 is 0 Å². The van der Waals surface area contributed by atoms with Gasteiger partial charge in [0, 0.05) is 6.20 Å². The average Bonchev–Trinajstić information content (AvgIpc) is 2.82. The van der Waals surface area contributed by atoms with Crippen LogP contribution in [0.1, 0.15) is 0 Å². The summed E-state index contributed by atoms with van der Waals surface area (Å²) in [7, 11) is 1.67. The Morgan fingerprint density at radius 1 is 1.18 bits per heavy atom. The third-order valence-electron chi connectivity index (χ3n) is 2.48. The van der Waals surface area contributed by atoms with Gasteiger partial charge < -0.3 is 4.74 Å². The summed E-state index contributed by atoms with van der Waals surface area (Å²) < 4.78 is 6.32. The molecule has 0 aliphatic carbocycles. The molecule has 17 heavy (non-hydrogen) atoms. The second kappa shape index (κ2) is 4.14. The van der Waals surface area contributed by atoms with Crippen LogP contribution in [0.3, 0.4) is 0 Å². The van der Waals surface area contributed by atoms with Crippen LogP contribution in [0.4, 0.5) is 0 Å². The first-order valence-corrected chi connectivity index (χ1v) is 6.04. The van der Waals surface area contributed by atoms with Crippen LogP contribution in [0.2, 0.25) is 0 Å². The highest BCUT2D eigenvalue weighted by molar-refractivity contribution is 7.21. The highest BCUT2D eigenvalue weighted by atomic mass is 32.1. The lowest BCUT2D eigenvalue weighted by Crippen LogP contribution is -1.80. The molecule has 4 heteroatoms.